The lowest BCUT2D eigenvalue weighted by Gasteiger charge is -2.11. The molecule has 0 fully saturated rings. The summed E-state index contributed by atoms with van der Waals surface area (Å²) in [4.78, 5) is 32.4. The number of esters is 1. The van der Waals surface area contributed by atoms with Gasteiger partial charge in [-0.3, -0.25) is 15.4 Å². The van der Waals surface area contributed by atoms with Crippen molar-refractivity contribution in [3.05, 3.63) is 10.1 Å². The second-order valence-corrected chi connectivity index (χ2v) is 3.39. The SMILES string of the molecule is CC(=O)NC(=O)N[C@@H]1OC(=O)C(Cl)=C1Cl. The molecule has 15 heavy (non-hydrogen) atoms. The zero-order valence-corrected chi connectivity index (χ0v) is 8.98. The number of urea groups is 1. The van der Waals surface area contributed by atoms with Crippen LogP contribution in [-0.2, 0) is 14.3 Å². The van der Waals surface area contributed by atoms with E-state index in [0.717, 1.165) is 6.92 Å². The van der Waals surface area contributed by atoms with Crippen LogP contribution in [0.4, 0.5) is 4.79 Å². The van der Waals surface area contributed by atoms with Gasteiger partial charge in [-0.25, -0.2) is 9.59 Å². The quantitative estimate of drug-likeness (QED) is 0.662. The molecule has 1 aliphatic rings. The molecule has 0 aromatic heterocycles. The average Bonchev–Trinajstić information content (AvgIpc) is 2.32. The van der Waals surface area contributed by atoms with Crippen molar-refractivity contribution in [3.63, 3.8) is 0 Å². The fourth-order valence-electron chi connectivity index (χ4n) is 0.831. The predicted octanol–water partition coefficient (Wildman–Crippen LogP) is 0.404. The normalized spacial score (nSPS) is 19.9. The number of cyclic esters (lactones) is 1. The molecule has 0 unspecified atom stereocenters. The standard InChI is InChI=1S/C7H6Cl2N2O4/c1-2(12)10-7(14)11-5-3(8)4(9)6(13)15-5/h5H,1H3,(H2,10,11,12,14)/t5-/m1/s1. The van der Waals surface area contributed by atoms with Crippen molar-refractivity contribution in [1.82, 2.24) is 10.6 Å². The van der Waals surface area contributed by atoms with Gasteiger partial charge in [-0.05, 0) is 0 Å². The number of ether oxygens (including phenoxy) is 1. The van der Waals surface area contributed by atoms with E-state index in [1.54, 1.807) is 0 Å². The van der Waals surface area contributed by atoms with E-state index in [9.17, 15) is 14.4 Å². The van der Waals surface area contributed by atoms with Gasteiger partial charge >= 0.3 is 12.0 Å². The average molecular weight is 253 g/mol. The lowest BCUT2D eigenvalue weighted by Crippen LogP contribution is -2.44. The number of rotatable bonds is 1. The summed E-state index contributed by atoms with van der Waals surface area (Å²) in [5.41, 5.74) is 0. The second-order valence-electron chi connectivity index (χ2n) is 2.60. The molecule has 0 saturated carbocycles. The molecule has 6 nitrogen and oxygen atoms in total. The lowest BCUT2D eigenvalue weighted by atomic mass is 10.5. The Kier molecular flexibility index (Phi) is 3.54. The van der Waals surface area contributed by atoms with Gasteiger partial charge in [-0.15, -0.1) is 0 Å². The topological polar surface area (TPSA) is 84.5 Å². The zero-order valence-electron chi connectivity index (χ0n) is 7.47. The van der Waals surface area contributed by atoms with E-state index in [1.165, 1.54) is 0 Å². The van der Waals surface area contributed by atoms with Crippen LogP contribution in [-0.4, -0.2) is 24.1 Å². The first-order valence-electron chi connectivity index (χ1n) is 3.76. The smallest absolute Gasteiger partial charge is 0.353 e. The Morgan fingerprint density at radius 1 is 1.40 bits per heavy atom. The van der Waals surface area contributed by atoms with Crippen LogP contribution in [0.25, 0.3) is 0 Å². The van der Waals surface area contributed by atoms with Gasteiger partial charge in [0.15, 0.2) is 0 Å². The van der Waals surface area contributed by atoms with Gasteiger partial charge in [0.1, 0.15) is 10.1 Å². The molecule has 1 rings (SSSR count). The number of imide groups is 1. The molecule has 1 atom stereocenters. The molecule has 0 spiro atoms. The van der Waals surface area contributed by atoms with Crippen LogP contribution < -0.4 is 10.6 Å². The van der Waals surface area contributed by atoms with Gasteiger partial charge in [-0.2, -0.15) is 0 Å². The molecule has 0 bridgehead atoms. The molecule has 0 radical (unpaired) electrons. The third-order valence-electron chi connectivity index (χ3n) is 1.40. The highest BCUT2D eigenvalue weighted by Crippen LogP contribution is 2.26. The number of halogens is 2. The van der Waals surface area contributed by atoms with Gasteiger partial charge in [-0.1, -0.05) is 23.2 Å². The second kappa shape index (κ2) is 4.50. The Balaban J connectivity index is 2.59. The van der Waals surface area contributed by atoms with Crippen LogP contribution in [0, 0.1) is 0 Å². The molecule has 8 heteroatoms. The number of amides is 3. The van der Waals surface area contributed by atoms with E-state index in [-0.39, 0.29) is 10.1 Å². The molecule has 0 saturated heterocycles. The summed E-state index contributed by atoms with van der Waals surface area (Å²) in [7, 11) is 0. The number of carbonyl (C=O) groups is 3. The van der Waals surface area contributed by atoms with Gasteiger partial charge in [0.05, 0.1) is 0 Å². The summed E-state index contributed by atoms with van der Waals surface area (Å²) in [5, 5.41) is 3.64. The summed E-state index contributed by atoms with van der Waals surface area (Å²) in [6.45, 7) is 1.16. The van der Waals surface area contributed by atoms with Crippen LogP contribution in [0.3, 0.4) is 0 Å². The maximum atomic E-state index is 11.0. The zero-order chi connectivity index (χ0) is 11.6. The van der Waals surface area contributed by atoms with Crippen molar-refractivity contribution in [3.8, 4) is 0 Å². The van der Waals surface area contributed by atoms with Crippen molar-refractivity contribution in [1.29, 1.82) is 0 Å². The Morgan fingerprint density at radius 3 is 2.40 bits per heavy atom. The number of nitrogens with one attached hydrogen (secondary N) is 2. The lowest BCUT2D eigenvalue weighted by molar-refractivity contribution is -0.139. The maximum absolute atomic E-state index is 11.0. The Morgan fingerprint density at radius 2 is 2.00 bits per heavy atom. The van der Waals surface area contributed by atoms with E-state index in [4.69, 9.17) is 23.2 Å². The van der Waals surface area contributed by atoms with Gasteiger partial charge in [0.25, 0.3) is 0 Å². The fraction of sp³-hybridized carbons (Fsp3) is 0.286. The maximum Gasteiger partial charge on any atom is 0.353 e. The van der Waals surface area contributed by atoms with Crippen molar-refractivity contribution in [2.75, 3.05) is 0 Å². The van der Waals surface area contributed by atoms with Crippen LogP contribution in [0.2, 0.25) is 0 Å². The molecule has 1 aliphatic heterocycles. The highest BCUT2D eigenvalue weighted by atomic mass is 35.5. The minimum atomic E-state index is -1.15. The first-order chi connectivity index (χ1) is 6.91. The molecule has 1 heterocycles. The molecule has 2 N–H and O–H groups in total. The third-order valence-corrected chi connectivity index (χ3v) is 2.24. The van der Waals surface area contributed by atoms with Crippen LogP contribution >= 0.6 is 23.2 Å². The summed E-state index contributed by atoms with van der Waals surface area (Å²) >= 11 is 11.0. The van der Waals surface area contributed by atoms with Crippen molar-refractivity contribution in [2.45, 2.75) is 13.2 Å². The van der Waals surface area contributed by atoms with Gasteiger partial charge < -0.3 is 4.74 Å². The summed E-state index contributed by atoms with van der Waals surface area (Å²) in [6.07, 6.45) is -1.15. The van der Waals surface area contributed by atoms with E-state index in [1.807, 2.05) is 5.32 Å². The van der Waals surface area contributed by atoms with Crippen LogP contribution in [0.15, 0.2) is 10.1 Å². The highest BCUT2D eigenvalue weighted by molar-refractivity contribution is 6.48. The first-order valence-corrected chi connectivity index (χ1v) is 4.51. The van der Waals surface area contributed by atoms with E-state index in [2.05, 4.69) is 10.1 Å². The van der Waals surface area contributed by atoms with E-state index < -0.39 is 24.1 Å². The third kappa shape index (κ3) is 2.84. The Labute approximate surface area is 94.5 Å². The number of hydrogen-bond acceptors (Lipinski definition) is 4. The van der Waals surface area contributed by atoms with Crippen molar-refractivity contribution < 1.29 is 19.1 Å². The van der Waals surface area contributed by atoms with Gasteiger partial charge in [0, 0.05) is 6.92 Å². The molecule has 82 valence electrons. The molecular formula is C7H6Cl2N2O4. The van der Waals surface area contributed by atoms with Crippen molar-refractivity contribution in [2.24, 2.45) is 0 Å². The number of carbonyl (C=O) groups excluding carboxylic acids is 3. The first kappa shape index (κ1) is 11.8. The Bertz CT molecular complexity index is 366. The van der Waals surface area contributed by atoms with E-state index >= 15 is 0 Å². The molecule has 3 amide bonds. The summed E-state index contributed by atoms with van der Waals surface area (Å²) < 4.78 is 4.58. The van der Waals surface area contributed by atoms with Crippen molar-refractivity contribution >= 4 is 41.1 Å². The van der Waals surface area contributed by atoms with Crippen LogP contribution in [0.1, 0.15) is 6.92 Å². The minimum Gasteiger partial charge on any atom is -0.432 e. The number of hydrogen-bond donors (Lipinski definition) is 2. The summed E-state index contributed by atoms with van der Waals surface area (Å²) in [6, 6.07) is -0.829. The molecule has 0 aromatic carbocycles. The fourth-order valence-corrected chi connectivity index (χ4v) is 1.15. The largest absolute Gasteiger partial charge is 0.432 e. The van der Waals surface area contributed by atoms with Gasteiger partial charge in [0.2, 0.25) is 12.1 Å². The monoisotopic (exact) mass is 252 g/mol. The highest BCUT2D eigenvalue weighted by Gasteiger charge is 2.33. The van der Waals surface area contributed by atoms with Crippen LogP contribution in [0.5, 0.6) is 0 Å². The predicted molar refractivity (Wildman–Crippen MR) is 51.0 cm³/mol. The molecular weight excluding hydrogens is 247 g/mol. The summed E-state index contributed by atoms with van der Waals surface area (Å²) in [5.74, 6) is -1.38. The molecule has 0 aromatic rings. The molecule has 0 aliphatic carbocycles. The minimum absolute atomic E-state index is 0.125. The van der Waals surface area contributed by atoms with E-state index in [0.29, 0.717) is 0 Å². The Hall–Kier alpha value is -1.27.